The molecule has 0 radical (unpaired) electrons. The number of rotatable bonds is 4. The van der Waals surface area contributed by atoms with Gasteiger partial charge >= 0.3 is 5.97 Å². The molecule has 5 rings (SSSR count). The van der Waals surface area contributed by atoms with Gasteiger partial charge in [-0.15, -0.1) is 0 Å². The normalized spacial score (nSPS) is 34.4. The van der Waals surface area contributed by atoms with Crippen LogP contribution in [-0.2, 0) is 5.41 Å². The van der Waals surface area contributed by atoms with Gasteiger partial charge in [-0.05, 0) is 68.4 Å². The molecule has 1 aromatic carbocycles. The van der Waals surface area contributed by atoms with Gasteiger partial charge < -0.3 is 14.6 Å². The summed E-state index contributed by atoms with van der Waals surface area (Å²) in [6.45, 7) is 0. The molecule has 4 saturated carbocycles. The maximum absolute atomic E-state index is 11.6. The Labute approximate surface area is 136 Å². The fourth-order valence-electron chi connectivity index (χ4n) is 6.03. The zero-order valence-corrected chi connectivity index (χ0v) is 13.8. The first-order chi connectivity index (χ1) is 11.1. The summed E-state index contributed by atoms with van der Waals surface area (Å²) in [5, 5.41) is 9.55. The molecule has 0 spiro atoms. The van der Waals surface area contributed by atoms with Gasteiger partial charge in [-0.2, -0.15) is 0 Å². The van der Waals surface area contributed by atoms with Gasteiger partial charge in [0.25, 0.3) is 0 Å². The second kappa shape index (κ2) is 5.15. The Kier molecular flexibility index (Phi) is 3.33. The molecule has 1 aromatic rings. The Morgan fingerprint density at radius 2 is 1.61 bits per heavy atom. The number of methoxy groups -OCH3 is 2. The molecular weight excluding hydrogens is 292 g/mol. The van der Waals surface area contributed by atoms with Crippen molar-refractivity contribution in [3.63, 3.8) is 0 Å². The molecule has 0 aromatic heterocycles. The number of carboxylic acids is 1. The van der Waals surface area contributed by atoms with E-state index in [0.29, 0.717) is 5.75 Å². The van der Waals surface area contributed by atoms with Crippen LogP contribution in [0, 0.1) is 17.8 Å². The van der Waals surface area contributed by atoms with E-state index < -0.39 is 5.97 Å². The lowest BCUT2D eigenvalue weighted by molar-refractivity contribution is -0.00721. The quantitative estimate of drug-likeness (QED) is 0.916. The number of hydrogen-bond acceptors (Lipinski definition) is 3. The van der Waals surface area contributed by atoms with Gasteiger partial charge in [-0.25, -0.2) is 4.79 Å². The average Bonchev–Trinajstić information content (AvgIpc) is 2.51. The van der Waals surface area contributed by atoms with E-state index in [0.717, 1.165) is 48.3 Å². The van der Waals surface area contributed by atoms with Crippen molar-refractivity contribution in [2.75, 3.05) is 14.2 Å². The van der Waals surface area contributed by atoms with Crippen LogP contribution in [0.25, 0.3) is 0 Å². The summed E-state index contributed by atoms with van der Waals surface area (Å²) >= 11 is 0. The smallest absolute Gasteiger partial charge is 0.339 e. The summed E-state index contributed by atoms with van der Waals surface area (Å²) in [6, 6.07) is 3.41. The van der Waals surface area contributed by atoms with Crippen molar-refractivity contribution in [1.29, 1.82) is 0 Å². The van der Waals surface area contributed by atoms with Gasteiger partial charge in [-0.3, -0.25) is 0 Å². The van der Waals surface area contributed by atoms with Crippen LogP contribution < -0.4 is 9.47 Å². The topological polar surface area (TPSA) is 55.8 Å². The van der Waals surface area contributed by atoms with Crippen LogP contribution in [-0.4, -0.2) is 25.3 Å². The molecule has 1 N–H and O–H groups in total. The molecule has 0 aliphatic heterocycles. The SMILES string of the molecule is COc1ccc(C(=O)O)c(OC)c1C12CC3CC(CC(C3)C1)C2. The molecule has 23 heavy (non-hydrogen) atoms. The molecule has 0 atom stereocenters. The molecule has 4 nitrogen and oxygen atoms in total. The molecule has 4 aliphatic rings. The highest BCUT2D eigenvalue weighted by atomic mass is 16.5. The summed E-state index contributed by atoms with van der Waals surface area (Å²) in [5.74, 6) is 2.71. The Bertz CT molecular complexity index is 614. The van der Waals surface area contributed by atoms with E-state index >= 15 is 0 Å². The lowest BCUT2D eigenvalue weighted by atomic mass is 9.47. The van der Waals surface area contributed by atoms with Crippen LogP contribution in [0.5, 0.6) is 11.5 Å². The van der Waals surface area contributed by atoms with E-state index in [-0.39, 0.29) is 11.0 Å². The first kappa shape index (κ1) is 14.9. The van der Waals surface area contributed by atoms with Crippen LogP contribution in [0.1, 0.15) is 54.4 Å². The molecule has 4 heteroatoms. The number of carbonyl (C=O) groups is 1. The van der Waals surface area contributed by atoms with Crippen molar-refractivity contribution in [2.24, 2.45) is 17.8 Å². The minimum Gasteiger partial charge on any atom is -0.496 e. The molecule has 0 heterocycles. The van der Waals surface area contributed by atoms with Crippen LogP contribution in [0.4, 0.5) is 0 Å². The fraction of sp³-hybridized carbons (Fsp3) is 0.632. The maximum Gasteiger partial charge on any atom is 0.339 e. The first-order valence-corrected chi connectivity index (χ1v) is 8.55. The third-order valence-electron chi connectivity index (χ3n) is 6.34. The molecule has 4 aliphatic carbocycles. The van der Waals surface area contributed by atoms with Crippen LogP contribution >= 0.6 is 0 Å². The molecule has 124 valence electrons. The maximum atomic E-state index is 11.6. The lowest BCUT2D eigenvalue weighted by Crippen LogP contribution is -2.48. The van der Waals surface area contributed by atoms with E-state index in [1.807, 2.05) is 0 Å². The summed E-state index contributed by atoms with van der Waals surface area (Å²) in [7, 11) is 3.24. The van der Waals surface area contributed by atoms with Gasteiger partial charge in [0, 0.05) is 11.0 Å². The Morgan fingerprint density at radius 1 is 1.04 bits per heavy atom. The number of ether oxygens (including phenoxy) is 2. The van der Waals surface area contributed by atoms with Gasteiger partial charge in [0.1, 0.15) is 17.1 Å². The van der Waals surface area contributed by atoms with Gasteiger partial charge in [0.05, 0.1) is 14.2 Å². The second-order valence-electron chi connectivity index (χ2n) is 7.73. The Hall–Kier alpha value is -1.71. The van der Waals surface area contributed by atoms with E-state index in [2.05, 4.69) is 0 Å². The molecule has 0 saturated heterocycles. The molecule has 4 bridgehead atoms. The first-order valence-electron chi connectivity index (χ1n) is 8.55. The summed E-state index contributed by atoms with van der Waals surface area (Å²) in [4.78, 5) is 11.6. The minimum absolute atomic E-state index is 0.0386. The lowest BCUT2D eigenvalue weighted by Gasteiger charge is -2.57. The van der Waals surface area contributed by atoms with Crippen LogP contribution in [0.2, 0.25) is 0 Å². The van der Waals surface area contributed by atoms with Gasteiger partial charge in [0.15, 0.2) is 0 Å². The Morgan fingerprint density at radius 3 is 2.04 bits per heavy atom. The number of hydrogen-bond donors (Lipinski definition) is 1. The summed E-state index contributed by atoms with van der Waals surface area (Å²) in [6.07, 6.45) is 7.49. The largest absolute Gasteiger partial charge is 0.496 e. The van der Waals surface area contributed by atoms with E-state index in [1.165, 1.54) is 19.3 Å². The zero-order chi connectivity index (χ0) is 16.2. The minimum atomic E-state index is -0.935. The highest BCUT2D eigenvalue weighted by molar-refractivity contribution is 5.92. The van der Waals surface area contributed by atoms with E-state index in [4.69, 9.17) is 9.47 Å². The Balaban J connectivity index is 1.90. The molecule has 4 fully saturated rings. The predicted octanol–water partition coefficient (Wildman–Crippen LogP) is 3.87. The second-order valence-corrected chi connectivity index (χ2v) is 7.73. The van der Waals surface area contributed by atoms with Crippen molar-refractivity contribution < 1.29 is 19.4 Å². The molecular formula is C19H24O4. The standard InChI is InChI=1S/C19H24O4/c1-22-15-4-3-14(18(20)21)17(23-2)16(15)19-8-11-5-12(9-19)7-13(6-11)10-19/h3-4,11-13H,5-10H2,1-2H3,(H,20,21). The zero-order valence-electron chi connectivity index (χ0n) is 13.8. The highest BCUT2D eigenvalue weighted by Gasteiger charge is 2.53. The monoisotopic (exact) mass is 316 g/mol. The van der Waals surface area contributed by atoms with Crippen molar-refractivity contribution in [3.8, 4) is 11.5 Å². The van der Waals surface area contributed by atoms with Crippen molar-refractivity contribution in [3.05, 3.63) is 23.3 Å². The van der Waals surface area contributed by atoms with Crippen LogP contribution in [0.15, 0.2) is 12.1 Å². The summed E-state index contributed by atoms with van der Waals surface area (Å²) in [5.41, 5.74) is 1.30. The number of carboxylic acid groups (broad SMARTS) is 1. The molecule has 0 amide bonds. The average molecular weight is 316 g/mol. The van der Waals surface area contributed by atoms with Crippen molar-refractivity contribution >= 4 is 5.97 Å². The third-order valence-corrected chi connectivity index (χ3v) is 6.34. The van der Waals surface area contributed by atoms with Crippen molar-refractivity contribution in [2.45, 2.75) is 43.9 Å². The molecule has 0 unspecified atom stereocenters. The van der Waals surface area contributed by atoms with Crippen molar-refractivity contribution in [1.82, 2.24) is 0 Å². The number of benzene rings is 1. The van der Waals surface area contributed by atoms with E-state index in [1.54, 1.807) is 26.4 Å². The summed E-state index contributed by atoms with van der Waals surface area (Å²) < 4.78 is 11.2. The van der Waals surface area contributed by atoms with Gasteiger partial charge in [0.2, 0.25) is 0 Å². The fourth-order valence-corrected chi connectivity index (χ4v) is 6.03. The van der Waals surface area contributed by atoms with E-state index in [9.17, 15) is 9.90 Å². The van der Waals surface area contributed by atoms with Gasteiger partial charge in [-0.1, -0.05) is 0 Å². The van der Waals surface area contributed by atoms with Crippen LogP contribution in [0.3, 0.4) is 0 Å². The highest BCUT2D eigenvalue weighted by Crippen LogP contribution is 2.63. The third kappa shape index (κ3) is 2.14. The number of aromatic carboxylic acids is 1. The predicted molar refractivity (Wildman–Crippen MR) is 86.4 cm³/mol.